The second kappa shape index (κ2) is 10.1. The third kappa shape index (κ3) is 5.30. The molecule has 30 heavy (non-hydrogen) atoms. The monoisotopic (exact) mass is 406 g/mol. The van der Waals surface area contributed by atoms with Crippen molar-refractivity contribution < 1.29 is 13.9 Å². The molecular formula is C25H30N2O3. The molecule has 0 aliphatic rings. The van der Waals surface area contributed by atoms with E-state index in [4.69, 9.17) is 9.15 Å². The normalized spacial score (nSPS) is 11.8. The number of rotatable bonds is 9. The number of carbonyl (C=O) groups is 1. The lowest BCUT2D eigenvalue weighted by Gasteiger charge is -2.12. The highest BCUT2D eigenvalue weighted by Gasteiger charge is 2.15. The molecule has 0 spiro atoms. The van der Waals surface area contributed by atoms with Gasteiger partial charge in [0.1, 0.15) is 11.3 Å². The Balaban J connectivity index is 1.90. The van der Waals surface area contributed by atoms with E-state index in [2.05, 4.69) is 28.4 Å². The summed E-state index contributed by atoms with van der Waals surface area (Å²) in [6.45, 7) is 6.01. The largest absolute Gasteiger partial charge is 0.493 e. The maximum atomic E-state index is 12.4. The Kier molecular flexibility index (Phi) is 7.31. The summed E-state index contributed by atoms with van der Waals surface area (Å²) in [5.74, 6) is 0.623. The molecule has 0 unspecified atom stereocenters. The molecule has 3 rings (SSSR count). The highest BCUT2D eigenvalue weighted by atomic mass is 16.5. The molecule has 1 aromatic heterocycles. The predicted molar refractivity (Wildman–Crippen MR) is 123 cm³/mol. The van der Waals surface area contributed by atoms with Gasteiger partial charge >= 0.3 is 0 Å². The van der Waals surface area contributed by atoms with E-state index in [-0.39, 0.29) is 5.91 Å². The third-order valence-corrected chi connectivity index (χ3v) is 4.91. The zero-order valence-corrected chi connectivity index (χ0v) is 18.2. The van der Waals surface area contributed by atoms with Gasteiger partial charge in [-0.05, 0) is 58.1 Å². The van der Waals surface area contributed by atoms with Crippen LogP contribution in [0.25, 0.3) is 27.7 Å². The zero-order chi connectivity index (χ0) is 21.5. The van der Waals surface area contributed by atoms with Crippen LogP contribution in [0.5, 0.6) is 5.75 Å². The van der Waals surface area contributed by atoms with Gasteiger partial charge in [0.2, 0.25) is 5.91 Å². The summed E-state index contributed by atoms with van der Waals surface area (Å²) in [5.41, 5.74) is 4.63. The highest BCUT2D eigenvalue weighted by molar-refractivity contribution is 6.00. The molecule has 0 aliphatic heterocycles. The predicted octanol–water partition coefficient (Wildman–Crippen LogP) is 4.97. The van der Waals surface area contributed by atoms with Gasteiger partial charge in [-0.1, -0.05) is 30.3 Å². The maximum Gasteiger partial charge on any atom is 0.244 e. The van der Waals surface area contributed by atoms with Crippen LogP contribution in [0.4, 0.5) is 0 Å². The molecule has 1 N–H and O–H groups in total. The minimum atomic E-state index is -0.0933. The summed E-state index contributed by atoms with van der Waals surface area (Å²) in [6, 6.07) is 14.1. The van der Waals surface area contributed by atoms with Crippen LogP contribution in [0.1, 0.15) is 25.8 Å². The molecule has 3 aromatic rings. The van der Waals surface area contributed by atoms with Crippen LogP contribution in [0.2, 0.25) is 0 Å². The van der Waals surface area contributed by atoms with Crippen LogP contribution < -0.4 is 10.1 Å². The molecule has 5 heteroatoms. The Labute approximate surface area is 178 Å². The van der Waals surface area contributed by atoms with Crippen LogP contribution >= 0.6 is 0 Å². The fraction of sp³-hybridized carbons (Fsp3) is 0.320. The van der Waals surface area contributed by atoms with Gasteiger partial charge in [-0.3, -0.25) is 4.79 Å². The number of nitrogens with zero attached hydrogens (tertiary/aromatic N) is 1. The number of carbonyl (C=O) groups excluding carboxylic acids is 1. The zero-order valence-electron chi connectivity index (χ0n) is 18.2. The summed E-state index contributed by atoms with van der Waals surface area (Å²) in [6.07, 6.45) is 4.33. The smallest absolute Gasteiger partial charge is 0.244 e. The number of ether oxygens (including phenoxy) is 1. The highest BCUT2D eigenvalue weighted by Crippen LogP contribution is 2.37. The number of hydrogen-bond acceptors (Lipinski definition) is 4. The molecule has 0 radical (unpaired) electrons. The van der Waals surface area contributed by atoms with Gasteiger partial charge in [-0.25, -0.2) is 0 Å². The maximum absolute atomic E-state index is 12.4. The first-order valence-electron chi connectivity index (χ1n) is 10.3. The molecule has 0 atom stereocenters. The molecule has 158 valence electrons. The van der Waals surface area contributed by atoms with Crippen LogP contribution in [0.15, 0.2) is 59.2 Å². The van der Waals surface area contributed by atoms with Gasteiger partial charge in [0.15, 0.2) is 0 Å². The number of fused-ring (bicyclic) bond motifs is 1. The topological polar surface area (TPSA) is 54.7 Å². The van der Waals surface area contributed by atoms with E-state index in [9.17, 15) is 4.79 Å². The average Bonchev–Trinajstić information content (AvgIpc) is 3.14. The molecular weight excluding hydrogens is 376 g/mol. The molecule has 0 fully saturated rings. The Morgan fingerprint density at radius 3 is 2.67 bits per heavy atom. The van der Waals surface area contributed by atoms with Crippen molar-refractivity contribution in [3.8, 4) is 16.9 Å². The second-order valence-corrected chi connectivity index (χ2v) is 7.57. The molecule has 1 heterocycles. The van der Waals surface area contributed by atoms with E-state index in [0.717, 1.165) is 46.2 Å². The van der Waals surface area contributed by atoms with Crippen LogP contribution in [-0.4, -0.2) is 44.6 Å². The van der Waals surface area contributed by atoms with Crippen molar-refractivity contribution in [2.75, 3.05) is 33.8 Å². The first kappa shape index (κ1) is 21.7. The molecule has 0 saturated heterocycles. The van der Waals surface area contributed by atoms with Gasteiger partial charge < -0.3 is 19.4 Å². The van der Waals surface area contributed by atoms with Crippen LogP contribution in [0, 0.1) is 0 Å². The Morgan fingerprint density at radius 2 is 1.97 bits per heavy atom. The Morgan fingerprint density at radius 1 is 1.20 bits per heavy atom. The second-order valence-electron chi connectivity index (χ2n) is 7.57. The number of nitrogens with one attached hydrogen (secondary N) is 1. The molecule has 5 nitrogen and oxygen atoms in total. The minimum Gasteiger partial charge on any atom is -0.493 e. The third-order valence-electron chi connectivity index (χ3n) is 4.91. The van der Waals surface area contributed by atoms with Crippen LogP contribution in [-0.2, 0) is 4.79 Å². The first-order valence-corrected chi connectivity index (χ1v) is 10.3. The SMILES string of the molecule is CCOc1cc2occ(-c3ccccc3)c2cc1/C(C)=C/C(=O)NCCCN(C)C. The van der Waals surface area contributed by atoms with Crippen molar-refractivity contribution in [3.63, 3.8) is 0 Å². The molecule has 2 aromatic carbocycles. The standard InChI is InChI=1S/C25H30N2O3/c1-5-29-23-16-24-21(22(17-30-24)19-10-7-6-8-11-19)15-20(23)18(2)14-25(28)26-12-9-13-27(3)4/h6-8,10-11,14-17H,5,9,12-13H2,1-4H3,(H,26,28)/b18-14+. The number of amides is 1. The Hall–Kier alpha value is -3.05. The number of hydrogen-bond donors (Lipinski definition) is 1. The van der Waals surface area contributed by atoms with Crippen molar-refractivity contribution >= 4 is 22.4 Å². The van der Waals surface area contributed by atoms with Crippen molar-refractivity contribution in [2.45, 2.75) is 20.3 Å². The quantitative estimate of drug-likeness (QED) is 0.403. The van der Waals surface area contributed by atoms with E-state index >= 15 is 0 Å². The van der Waals surface area contributed by atoms with E-state index in [1.54, 1.807) is 12.3 Å². The van der Waals surface area contributed by atoms with E-state index in [0.29, 0.717) is 18.9 Å². The first-order chi connectivity index (χ1) is 14.5. The van der Waals surface area contributed by atoms with E-state index in [1.165, 1.54) is 0 Å². The Bertz CT molecular complexity index is 1020. The summed E-state index contributed by atoms with van der Waals surface area (Å²) in [7, 11) is 4.05. The van der Waals surface area contributed by atoms with Crippen molar-refractivity contribution in [1.82, 2.24) is 10.2 Å². The van der Waals surface area contributed by atoms with E-state index in [1.807, 2.05) is 52.2 Å². The van der Waals surface area contributed by atoms with Gasteiger partial charge in [0, 0.05) is 35.2 Å². The van der Waals surface area contributed by atoms with E-state index < -0.39 is 0 Å². The fourth-order valence-electron chi connectivity index (χ4n) is 3.41. The van der Waals surface area contributed by atoms with Crippen LogP contribution in [0.3, 0.4) is 0 Å². The average molecular weight is 407 g/mol. The molecule has 1 amide bonds. The van der Waals surface area contributed by atoms with Gasteiger partial charge in [-0.2, -0.15) is 0 Å². The van der Waals surface area contributed by atoms with Gasteiger partial charge in [0.25, 0.3) is 0 Å². The summed E-state index contributed by atoms with van der Waals surface area (Å²) in [5, 5.41) is 3.96. The fourth-order valence-corrected chi connectivity index (χ4v) is 3.41. The number of furan rings is 1. The molecule has 0 bridgehead atoms. The van der Waals surface area contributed by atoms with Gasteiger partial charge in [0.05, 0.1) is 12.9 Å². The van der Waals surface area contributed by atoms with Crippen molar-refractivity contribution in [3.05, 3.63) is 60.4 Å². The number of benzene rings is 2. The number of allylic oxidation sites excluding steroid dienone is 1. The van der Waals surface area contributed by atoms with Gasteiger partial charge in [-0.15, -0.1) is 0 Å². The lowest BCUT2D eigenvalue weighted by molar-refractivity contribution is -0.116. The minimum absolute atomic E-state index is 0.0933. The summed E-state index contributed by atoms with van der Waals surface area (Å²) < 4.78 is 11.7. The van der Waals surface area contributed by atoms with Crippen molar-refractivity contribution in [1.29, 1.82) is 0 Å². The lowest BCUT2D eigenvalue weighted by atomic mass is 9.99. The molecule has 0 saturated carbocycles. The molecule has 0 aliphatic carbocycles. The lowest BCUT2D eigenvalue weighted by Crippen LogP contribution is -2.25. The van der Waals surface area contributed by atoms with Crippen molar-refractivity contribution in [2.24, 2.45) is 0 Å². The summed E-state index contributed by atoms with van der Waals surface area (Å²) >= 11 is 0. The summed E-state index contributed by atoms with van der Waals surface area (Å²) in [4.78, 5) is 14.5.